The maximum absolute atomic E-state index is 12.2. The van der Waals surface area contributed by atoms with Crippen molar-refractivity contribution in [3.8, 4) is 5.75 Å². The molecule has 0 aliphatic heterocycles. The molecule has 0 spiro atoms. The summed E-state index contributed by atoms with van der Waals surface area (Å²) < 4.78 is 10.3. The fourth-order valence-electron chi connectivity index (χ4n) is 2.36. The third-order valence-electron chi connectivity index (χ3n) is 3.60. The van der Waals surface area contributed by atoms with Gasteiger partial charge in [-0.2, -0.15) is 0 Å². The molecule has 3 N–H and O–H groups in total. The van der Waals surface area contributed by atoms with Gasteiger partial charge in [0.25, 0.3) is 5.91 Å². The predicted molar refractivity (Wildman–Crippen MR) is 105 cm³/mol. The van der Waals surface area contributed by atoms with Crippen molar-refractivity contribution in [2.24, 2.45) is 0 Å². The van der Waals surface area contributed by atoms with Crippen LogP contribution < -0.4 is 20.7 Å². The van der Waals surface area contributed by atoms with E-state index in [4.69, 9.17) is 9.47 Å². The summed E-state index contributed by atoms with van der Waals surface area (Å²) in [6.07, 6.45) is 0. The van der Waals surface area contributed by atoms with Crippen LogP contribution in [0.5, 0.6) is 5.75 Å². The lowest BCUT2D eigenvalue weighted by atomic mass is 10.2. The van der Waals surface area contributed by atoms with Crippen LogP contribution in [0.3, 0.4) is 0 Å². The molecule has 0 atom stereocenters. The first kappa shape index (κ1) is 20.3. The zero-order valence-electron chi connectivity index (χ0n) is 15.6. The minimum atomic E-state index is -0.214. The van der Waals surface area contributed by atoms with E-state index in [0.717, 1.165) is 11.4 Å². The first-order valence-electron chi connectivity index (χ1n) is 8.76. The Morgan fingerprint density at radius 3 is 2.59 bits per heavy atom. The van der Waals surface area contributed by atoms with Crippen LogP contribution in [0.15, 0.2) is 48.5 Å². The summed E-state index contributed by atoms with van der Waals surface area (Å²) >= 11 is 0. The highest BCUT2D eigenvalue weighted by molar-refractivity contribution is 5.98. The average Bonchev–Trinajstić information content (AvgIpc) is 2.67. The molecule has 2 amide bonds. The number of carbonyl (C=O) groups is 2. The molecule has 144 valence electrons. The normalized spacial score (nSPS) is 10.1. The van der Waals surface area contributed by atoms with E-state index >= 15 is 0 Å². The van der Waals surface area contributed by atoms with Gasteiger partial charge in [-0.25, -0.2) is 0 Å². The molecule has 0 heterocycles. The fraction of sp³-hybridized carbons (Fsp3) is 0.300. The number of nitrogens with one attached hydrogen (secondary N) is 3. The van der Waals surface area contributed by atoms with Crippen LogP contribution in [0.2, 0.25) is 0 Å². The van der Waals surface area contributed by atoms with E-state index in [2.05, 4.69) is 16.0 Å². The summed E-state index contributed by atoms with van der Waals surface area (Å²) in [5, 5.41) is 8.57. The van der Waals surface area contributed by atoms with E-state index in [1.54, 1.807) is 31.4 Å². The van der Waals surface area contributed by atoms with Gasteiger partial charge in [0, 0.05) is 36.7 Å². The Hall–Kier alpha value is -3.06. The third-order valence-corrected chi connectivity index (χ3v) is 3.60. The Bertz CT molecular complexity index is 764. The van der Waals surface area contributed by atoms with Gasteiger partial charge in [-0.3, -0.25) is 9.59 Å². The van der Waals surface area contributed by atoms with Gasteiger partial charge < -0.3 is 25.4 Å². The first-order chi connectivity index (χ1) is 13.1. The van der Waals surface area contributed by atoms with Gasteiger partial charge in [0.1, 0.15) is 5.75 Å². The molecule has 2 aromatic rings. The minimum absolute atomic E-state index is 0.0971. The van der Waals surface area contributed by atoms with Crippen molar-refractivity contribution in [1.82, 2.24) is 5.32 Å². The predicted octanol–water partition coefficient (Wildman–Crippen LogP) is 2.51. The molecular formula is C20H25N3O4. The number of rotatable bonds is 10. The van der Waals surface area contributed by atoms with Crippen LogP contribution in [0, 0.1) is 0 Å². The molecule has 0 aliphatic rings. The molecule has 0 aromatic heterocycles. The van der Waals surface area contributed by atoms with Crippen LogP contribution >= 0.6 is 0 Å². The average molecular weight is 371 g/mol. The van der Waals surface area contributed by atoms with Crippen molar-refractivity contribution in [3.63, 3.8) is 0 Å². The Labute approximate surface area is 159 Å². The summed E-state index contributed by atoms with van der Waals surface area (Å²) in [5.41, 5.74) is 1.83. The summed E-state index contributed by atoms with van der Waals surface area (Å²) in [6.45, 7) is 3.47. The van der Waals surface area contributed by atoms with Crippen LogP contribution in [-0.2, 0) is 9.53 Å². The Morgan fingerprint density at radius 1 is 1.04 bits per heavy atom. The SMILES string of the molecule is CCOc1cccc(NCC(=O)Nc2cccc(C(=O)NCCOC)c2)c1. The number of carbonyl (C=O) groups excluding carboxylic acids is 2. The Morgan fingerprint density at radius 2 is 1.81 bits per heavy atom. The molecular weight excluding hydrogens is 346 g/mol. The Balaban J connectivity index is 1.87. The van der Waals surface area contributed by atoms with Crippen molar-refractivity contribution in [2.45, 2.75) is 6.92 Å². The van der Waals surface area contributed by atoms with E-state index in [0.29, 0.717) is 31.0 Å². The van der Waals surface area contributed by atoms with Crippen molar-refractivity contribution in [2.75, 3.05) is 44.0 Å². The third kappa shape index (κ3) is 6.99. The first-order valence-corrected chi connectivity index (χ1v) is 8.76. The highest BCUT2D eigenvalue weighted by atomic mass is 16.5. The van der Waals surface area contributed by atoms with Gasteiger partial charge >= 0.3 is 0 Å². The van der Waals surface area contributed by atoms with Gasteiger partial charge in [-0.05, 0) is 37.3 Å². The zero-order chi connectivity index (χ0) is 19.5. The lowest BCUT2D eigenvalue weighted by Crippen LogP contribution is -2.27. The number of amides is 2. The number of benzene rings is 2. The monoisotopic (exact) mass is 371 g/mol. The Kier molecular flexibility index (Phi) is 8.12. The molecule has 0 radical (unpaired) electrons. The standard InChI is InChI=1S/C20H25N3O4/c1-3-27-18-9-5-7-16(13-18)22-14-19(24)23-17-8-4-6-15(12-17)20(25)21-10-11-26-2/h4-9,12-13,22H,3,10-11,14H2,1-2H3,(H,21,25)(H,23,24). The van der Waals surface area contributed by atoms with Gasteiger partial charge in [-0.15, -0.1) is 0 Å². The van der Waals surface area contributed by atoms with Crippen LogP contribution in [-0.4, -0.2) is 45.2 Å². The van der Waals surface area contributed by atoms with Crippen LogP contribution in [0.1, 0.15) is 17.3 Å². The van der Waals surface area contributed by atoms with E-state index < -0.39 is 0 Å². The topological polar surface area (TPSA) is 88.7 Å². The molecule has 2 rings (SSSR count). The van der Waals surface area contributed by atoms with Crippen LogP contribution in [0.4, 0.5) is 11.4 Å². The zero-order valence-corrected chi connectivity index (χ0v) is 15.6. The molecule has 0 aliphatic carbocycles. The summed E-state index contributed by atoms with van der Waals surface area (Å²) in [4.78, 5) is 24.2. The van der Waals surface area contributed by atoms with Gasteiger partial charge in [0.15, 0.2) is 0 Å². The van der Waals surface area contributed by atoms with E-state index in [-0.39, 0.29) is 18.4 Å². The maximum Gasteiger partial charge on any atom is 0.251 e. The number of anilines is 2. The van der Waals surface area contributed by atoms with Crippen molar-refractivity contribution in [3.05, 3.63) is 54.1 Å². The smallest absolute Gasteiger partial charge is 0.251 e. The molecule has 7 nitrogen and oxygen atoms in total. The lowest BCUT2D eigenvalue weighted by molar-refractivity contribution is -0.114. The summed E-state index contributed by atoms with van der Waals surface area (Å²) in [6, 6.07) is 14.2. The molecule has 0 saturated heterocycles. The van der Waals surface area contributed by atoms with Crippen molar-refractivity contribution < 1.29 is 19.1 Å². The van der Waals surface area contributed by atoms with Gasteiger partial charge in [0.2, 0.25) is 5.91 Å². The quantitative estimate of drug-likeness (QED) is 0.559. The fourth-order valence-corrected chi connectivity index (χ4v) is 2.36. The number of methoxy groups -OCH3 is 1. The molecule has 0 saturated carbocycles. The second-order valence-electron chi connectivity index (χ2n) is 5.69. The largest absolute Gasteiger partial charge is 0.494 e. The second kappa shape index (κ2) is 10.8. The summed E-state index contributed by atoms with van der Waals surface area (Å²) in [5.74, 6) is 0.317. The van der Waals surface area contributed by atoms with E-state index in [1.807, 2.05) is 31.2 Å². The maximum atomic E-state index is 12.2. The number of hydrogen-bond acceptors (Lipinski definition) is 5. The number of hydrogen-bond donors (Lipinski definition) is 3. The summed E-state index contributed by atoms with van der Waals surface area (Å²) in [7, 11) is 1.57. The van der Waals surface area contributed by atoms with Gasteiger partial charge in [-0.1, -0.05) is 12.1 Å². The molecule has 7 heteroatoms. The molecule has 0 unspecified atom stereocenters. The van der Waals surface area contributed by atoms with E-state index in [9.17, 15) is 9.59 Å². The van der Waals surface area contributed by atoms with Crippen molar-refractivity contribution in [1.29, 1.82) is 0 Å². The van der Waals surface area contributed by atoms with E-state index in [1.165, 1.54) is 0 Å². The molecule has 0 bridgehead atoms. The highest BCUT2D eigenvalue weighted by Crippen LogP contribution is 2.17. The minimum Gasteiger partial charge on any atom is -0.494 e. The molecule has 27 heavy (non-hydrogen) atoms. The molecule has 0 fully saturated rings. The van der Waals surface area contributed by atoms with Gasteiger partial charge in [0.05, 0.1) is 19.8 Å². The lowest BCUT2D eigenvalue weighted by Gasteiger charge is -2.10. The second-order valence-corrected chi connectivity index (χ2v) is 5.69. The number of ether oxygens (including phenoxy) is 2. The van der Waals surface area contributed by atoms with Crippen molar-refractivity contribution >= 4 is 23.2 Å². The molecule has 2 aromatic carbocycles. The highest BCUT2D eigenvalue weighted by Gasteiger charge is 2.08. The van der Waals surface area contributed by atoms with Crippen LogP contribution in [0.25, 0.3) is 0 Å².